The number of aliphatic hydroxyl groups is 1. The van der Waals surface area contributed by atoms with Gasteiger partial charge in [0.2, 0.25) is 0 Å². The molecule has 1 unspecified atom stereocenters. The lowest BCUT2D eigenvalue weighted by molar-refractivity contribution is -0.142. The zero-order chi connectivity index (χ0) is 24.5. The van der Waals surface area contributed by atoms with E-state index >= 15 is 0 Å². The molecular weight excluding hydrogens is 450 g/mol. The summed E-state index contributed by atoms with van der Waals surface area (Å²) in [6.45, 7) is 3.46. The molecule has 0 spiro atoms. The van der Waals surface area contributed by atoms with E-state index in [1.54, 1.807) is 53.4 Å². The summed E-state index contributed by atoms with van der Waals surface area (Å²) in [6.07, 6.45) is 4.56. The Morgan fingerprint density at radius 1 is 1.17 bits per heavy atom. The summed E-state index contributed by atoms with van der Waals surface area (Å²) in [4.78, 5) is 46.0. The minimum atomic E-state index is -0.748. The molecule has 35 heavy (non-hydrogen) atoms. The minimum Gasteiger partial charge on any atom is -0.507 e. The van der Waals surface area contributed by atoms with E-state index in [0.717, 1.165) is 17.7 Å². The number of piperidine rings is 1. The Balaban J connectivity index is 1.51. The Labute approximate surface area is 203 Å². The molecule has 2 aromatic rings. The standard InChI is InChI=1S/C26H27N3O6/c1-2-34-26(33)28-12-7-19(8-13-28)29-22(16-5-10-27-11-6-16)21(24(31)25(29)32)23(30)18-3-4-20-17(15-18)9-14-35-20/h3-6,10-11,15,19,22,30H,2,7-9,12-14H2,1H3/b23-21-. The van der Waals surface area contributed by atoms with Gasteiger partial charge in [0.05, 0.1) is 24.8 Å². The molecule has 1 aromatic heterocycles. The molecule has 3 aliphatic heterocycles. The highest BCUT2D eigenvalue weighted by Crippen LogP contribution is 2.42. The summed E-state index contributed by atoms with van der Waals surface area (Å²) in [5.74, 6) is -0.798. The Morgan fingerprint density at radius 2 is 1.91 bits per heavy atom. The number of benzene rings is 1. The van der Waals surface area contributed by atoms with Crippen molar-refractivity contribution in [3.63, 3.8) is 0 Å². The molecule has 182 valence electrons. The average molecular weight is 478 g/mol. The molecular formula is C26H27N3O6. The molecule has 9 heteroatoms. The monoisotopic (exact) mass is 477 g/mol. The van der Waals surface area contributed by atoms with Crippen LogP contribution in [-0.4, -0.2) is 70.0 Å². The van der Waals surface area contributed by atoms with Gasteiger partial charge < -0.3 is 24.4 Å². The number of fused-ring (bicyclic) bond motifs is 1. The Bertz CT molecular complexity index is 1190. The molecule has 9 nitrogen and oxygen atoms in total. The van der Waals surface area contributed by atoms with E-state index in [0.29, 0.717) is 50.3 Å². The number of carbonyl (C=O) groups excluding carboxylic acids is 3. The number of carbonyl (C=O) groups is 3. The van der Waals surface area contributed by atoms with Crippen LogP contribution in [0.4, 0.5) is 4.79 Å². The van der Waals surface area contributed by atoms with Crippen molar-refractivity contribution in [2.45, 2.75) is 38.3 Å². The maximum atomic E-state index is 13.3. The van der Waals surface area contributed by atoms with Crippen molar-refractivity contribution in [1.29, 1.82) is 0 Å². The highest BCUT2D eigenvalue weighted by molar-refractivity contribution is 6.46. The second-order valence-electron chi connectivity index (χ2n) is 8.83. The largest absolute Gasteiger partial charge is 0.507 e. The normalized spacial score (nSPS) is 21.7. The maximum Gasteiger partial charge on any atom is 0.409 e. The van der Waals surface area contributed by atoms with Gasteiger partial charge in [0, 0.05) is 43.5 Å². The second-order valence-corrected chi connectivity index (χ2v) is 8.83. The summed E-state index contributed by atoms with van der Waals surface area (Å²) >= 11 is 0. The smallest absolute Gasteiger partial charge is 0.409 e. The lowest BCUT2D eigenvalue weighted by Gasteiger charge is -2.38. The fourth-order valence-corrected chi connectivity index (χ4v) is 5.13. The third-order valence-corrected chi connectivity index (χ3v) is 6.85. The number of likely N-dealkylation sites (tertiary alicyclic amines) is 2. The van der Waals surface area contributed by atoms with Gasteiger partial charge in [0.1, 0.15) is 11.5 Å². The van der Waals surface area contributed by atoms with Gasteiger partial charge in [-0.25, -0.2) is 4.79 Å². The Kier molecular flexibility index (Phi) is 6.15. The van der Waals surface area contributed by atoms with Gasteiger partial charge in [-0.3, -0.25) is 14.6 Å². The van der Waals surface area contributed by atoms with E-state index < -0.39 is 17.7 Å². The van der Waals surface area contributed by atoms with Gasteiger partial charge in [-0.2, -0.15) is 0 Å². The number of rotatable bonds is 4. The summed E-state index contributed by atoms with van der Waals surface area (Å²) in [5, 5.41) is 11.3. The zero-order valence-electron chi connectivity index (χ0n) is 19.5. The molecule has 2 fully saturated rings. The van der Waals surface area contributed by atoms with Crippen molar-refractivity contribution in [3.8, 4) is 5.75 Å². The van der Waals surface area contributed by atoms with E-state index in [1.165, 1.54) is 0 Å². The van der Waals surface area contributed by atoms with Crippen LogP contribution in [0.1, 0.15) is 42.5 Å². The molecule has 0 radical (unpaired) electrons. The van der Waals surface area contributed by atoms with Crippen molar-refractivity contribution in [3.05, 3.63) is 65.0 Å². The van der Waals surface area contributed by atoms with Crippen molar-refractivity contribution in [2.75, 3.05) is 26.3 Å². The van der Waals surface area contributed by atoms with Crippen molar-refractivity contribution < 1.29 is 29.0 Å². The fraction of sp³-hybridized carbons (Fsp3) is 0.385. The van der Waals surface area contributed by atoms with E-state index in [9.17, 15) is 19.5 Å². The topological polar surface area (TPSA) is 109 Å². The number of pyridine rings is 1. The van der Waals surface area contributed by atoms with Crippen LogP contribution in [0.3, 0.4) is 0 Å². The third kappa shape index (κ3) is 4.11. The summed E-state index contributed by atoms with van der Waals surface area (Å²) < 4.78 is 10.6. The quantitative estimate of drug-likeness (QED) is 0.409. The molecule has 1 atom stereocenters. The number of hydrogen-bond donors (Lipinski definition) is 1. The second kappa shape index (κ2) is 9.40. The van der Waals surface area contributed by atoms with E-state index in [-0.39, 0.29) is 23.5 Å². The van der Waals surface area contributed by atoms with Crippen LogP contribution < -0.4 is 4.74 Å². The first-order valence-electron chi connectivity index (χ1n) is 11.9. The van der Waals surface area contributed by atoms with Gasteiger partial charge in [-0.05, 0) is 61.2 Å². The van der Waals surface area contributed by atoms with Gasteiger partial charge in [-0.1, -0.05) is 0 Å². The van der Waals surface area contributed by atoms with Crippen LogP contribution in [0.15, 0.2) is 48.3 Å². The number of ketones is 1. The van der Waals surface area contributed by atoms with Gasteiger partial charge in [-0.15, -0.1) is 0 Å². The molecule has 0 aliphatic carbocycles. The summed E-state index contributed by atoms with van der Waals surface area (Å²) in [5.41, 5.74) is 2.18. The fourth-order valence-electron chi connectivity index (χ4n) is 5.13. The number of nitrogens with zero attached hydrogens (tertiary/aromatic N) is 3. The highest BCUT2D eigenvalue weighted by Gasteiger charge is 2.49. The van der Waals surface area contributed by atoms with Crippen LogP contribution >= 0.6 is 0 Å². The number of aliphatic hydroxyl groups excluding tert-OH is 1. The van der Waals surface area contributed by atoms with E-state index in [4.69, 9.17) is 9.47 Å². The predicted octanol–water partition coefficient (Wildman–Crippen LogP) is 3.06. The lowest BCUT2D eigenvalue weighted by Crippen LogP contribution is -2.48. The Morgan fingerprint density at radius 3 is 2.63 bits per heavy atom. The molecule has 0 saturated carbocycles. The number of Topliss-reactive ketones (excluding diaryl/α,β-unsaturated/α-hetero) is 1. The van der Waals surface area contributed by atoms with Crippen molar-refractivity contribution in [1.82, 2.24) is 14.8 Å². The first-order chi connectivity index (χ1) is 17.0. The molecule has 4 heterocycles. The van der Waals surface area contributed by atoms with Gasteiger partial charge >= 0.3 is 6.09 Å². The molecule has 5 rings (SSSR count). The Hall–Kier alpha value is -3.88. The van der Waals surface area contributed by atoms with Crippen LogP contribution in [0.5, 0.6) is 5.75 Å². The van der Waals surface area contributed by atoms with E-state index in [2.05, 4.69) is 4.98 Å². The van der Waals surface area contributed by atoms with Crippen LogP contribution in [0.2, 0.25) is 0 Å². The van der Waals surface area contributed by atoms with Crippen molar-refractivity contribution in [2.24, 2.45) is 0 Å². The number of ether oxygens (including phenoxy) is 2. The molecule has 2 amide bonds. The summed E-state index contributed by atoms with van der Waals surface area (Å²) in [6, 6.07) is 7.78. The lowest BCUT2D eigenvalue weighted by atomic mass is 9.93. The van der Waals surface area contributed by atoms with Crippen LogP contribution in [0, 0.1) is 0 Å². The first kappa shape index (κ1) is 22.9. The first-order valence-corrected chi connectivity index (χ1v) is 11.9. The molecule has 3 aliphatic rings. The van der Waals surface area contributed by atoms with Crippen LogP contribution in [0.25, 0.3) is 5.76 Å². The number of amides is 2. The van der Waals surface area contributed by atoms with Crippen LogP contribution in [-0.2, 0) is 20.7 Å². The average Bonchev–Trinajstić information content (AvgIpc) is 3.46. The number of hydrogen-bond acceptors (Lipinski definition) is 7. The molecule has 0 bridgehead atoms. The predicted molar refractivity (Wildman–Crippen MR) is 126 cm³/mol. The van der Waals surface area contributed by atoms with E-state index in [1.807, 2.05) is 6.07 Å². The zero-order valence-corrected chi connectivity index (χ0v) is 19.5. The van der Waals surface area contributed by atoms with Crippen molar-refractivity contribution >= 4 is 23.5 Å². The number of aromatic nitrogens is 1. The SMILES string of the molecule is CCOC(=O)N1CCC(N2C(=O)C(=O)/C(=C(\O)c3ccc4c(c3)CCO4)C2c2ccncc2)CC1. The molecule has 1 aromatic carbocycles. The minimum absolute atomic E-state index is 0.0629. The molecule has 2 saturated heterocycles. The van der Waals surface area contributed by atoms with Gasteiger partial charge in [0.15, 0.2) is 0 Å². The maximum absolute atomic E-state index is 13.3. The highest BCUT2D eigenvalue weighted by atomic mass is 16.6. The molecule has 1 N–H and O–H groups in total. The summed E-state index contributed by atoms with van der Waals surface area (Å²) in [7, 11) is 0. The van der Waals surface area contributed by atoms with Gasteiger partial charge in [0.25, 0.3) is 11.7 Å². The third-order valence-electron chi connectivity index (χ3n) is 6.85.